The van der Waals surface area contributed by atoms with Gasteiger partial charge in [-0.15, -0.1) is 0 Å². The summed E-state index contributed by atoms with van der Waals surface area (Å²) in [5.41, 5.74) is 3.00. The first-order chi connectivity index (χ1) is 5.91. The molecule has 1 aromatic rings. The monoisotopic (exact) mass is 160 g/mol. The summed E-state index contributed by atoms with van der Waals surface area (Å²) in [4.78, 5) is 0. The Morgan fingerprint density at radius 3 is 2.75 bits per heavy atom. The number of fused-ring (bicyclic) bond motifs is 2. The highest BCUT2D eigenvalue weighted by molar-refractivity contribution is 5.36. The van der Waals surface area contributed by atoms with Gasteiger partial charge in [-0.25, -0.2) is 0 Å². The second kappa shape index (κ2) is 2.11. The van der Waals surface area contributed by atoms with Gasteiger partial charge in [-0.2, -0.15) is 0 Å². The minimum atomic E-state index is 0.149. The van der Waals surface area contributed by atoms with Gasteiger partial charge in [-0.3, -0.25) is 0 Å². The minimum absolute atomic E-state index is 0.149. The summed E-state index contributed by atoms with van der Waals surface area (Å²) in [5.74, 6) is 0. The second-order valence-corrected chi connectivity index (χ2v) is 3.79. The van der Waals surface area contributed by atoms with Crippen LogP contribution in [0.15, 0.2) is 24.3 Å². The van der Waals surface area contributed by atoms with Gasteiger partial charge in [0, 0.05) is 0 Å². The lowest BCUT2D eigenvalue weighted by molar-refractivity contribution is -0.0943. The molecule has 1 saturated carbocycles. The number of rotatable bonds is 0. The van der Waals surface area contributed by atoms with Crippen LogP contribution in [0.2, 0.25) is 0 Å². The zero-order valence-electron chi connectivity index (χ0n) is 7.05. The third-order valence-electron chi connectivity index (χ3n) is 3.17. The summed E-state index contributed by atoms with van der Waals surface area (Å²) in [6.45, 7) is 0.830. The molecule has 1 spiro atoms. The second-order valence-electron chi connectivity index (χ2n) is 3.79. The maximum atomic E-state index is 5.85. The van der Waals surface area contributed by atoms with E-state index in [9.17, 15) is 0 Å². The van der Waals surface area contributed by atoms with Gasteiger partial charge in [0.05, 0.1) is 12.2 Å². The molecule has 0 aromatic heterocycles. The fourth-order valence-electron chi connectivity index (χ4n) is 2.30. The molecule has 0 bridgehead atoms. The molecule has 2 aliphatic rings. The van der Waals surface area contributed by atoms with E-state index in [0.29, 0.717) is 0 Å². The number of hydrogen-bond acceptors (Lipinski definition) is 1. The minimum Gasteiger partial charge on any atom is -0.366 e. The fraction of sp³-hybridized carbons (Fsp3) is 0.455. The van der Waals surface area contributed by atoms with E-state index >= 15 is 0 Å². The Bertz CT molecular complexity index is 313. The van der Waals surface area contributed by atoms with Gasteiger partial charge in [-0.05, 0) is 30.4 Å². The SMILES string of the molecule is c1ccc2c(c1)COC21CCC1. The van der Waals surface area contributed by atoms with Crippen LogP contribution in [0.4, 0.5) is 0 Å². The summed E-state index contributed by atoms with van der Waals surface area (Å²) in [7, 11) is 0. The van der Waals surface area contributed by atoms with Crippen molar-refractivity contribution in [2.75, 3.05) is 0 Å². The maximum Gasteiger partial charge on any atom is 0.0939 e. The van der Waals surface area contributed by atoms with Crippen LogP contribution in [0, 0.1) is 0 Å². The molecule has 1 aliphatic carbocycles. The summed E-state index contributed by atoms with van der Waals surface area (Å²) >= 11 is 0. The first kappa shape index (κ1) is 6.67. The van der Waals surface area contributed by atoms with Crippen LogP contribution in [-0.2, 0) is 16.9 Å². The van der Waals surface area contributed by atoms with Crippen molar-refractivity contribution in [3.8, 4) is 0 Å². The van der Waals surface area contributed by atoms with Gasteiger partial charge in [0.15, 0.2) is 0 Å². The summed E-state index contributed by atoms with van der Waals surface area (Å²) < 4.78 is 5.85. The van der Waals surface area contributed by atoms with Crippen LogP contribution in [-0.4, -0.2) is 0 Å². The zero-order valence-corrected chi connectivity index (χ0v) is 7.05. The van der Waals surface area contributed by atoms with E-state index in [0.717, 1.165) is 6.61 Å². The summed E-state index contributed by atoms with van der Waals surface area (Å²) in [6.07, 6.45) is 3.78. The topological polar surface area (TPSA) is 9.23 Å². The van der Waals surface area contributed by atoms with Crippen molar-refractivity contribution in [3.05, 3.63) is 35.4 Å². The molecule has 0 N–H and O–H groups in total. The molecule has 1 nitrogen and oxygen atoms in total. The van der Waals surface area contributed by atoms with E-state index in [1.807, 2.05) is 0 Å². The number of benzene rings is 1. The van der Waals surface area contributed by atoms with Crippen LogP contribution in [0.25, 0.3) is 0 Å². The lowest BCUT2D eigenvalue weighted by Crippen LogP contribution is -2.33. The van der Waals surface area contributed by atoms with E-state index in [2.05, 4.69) is 24.3 Å². The molecule has 0 amide bonds. The normalized spacial score (nSPS) is 23.7. The molecular weight excluding hydrogens is 148 g/mol. The first-order valence-corrected chi connectivity index (χ1v) is 4.63. The number of ether oxygens (including phenoxy) is 1. The highest BCUT2D eigenvalue weighted by atomic mass is 16.5. The fourth-order valence-corrected chi connectivity index (χ4v) is 2.30. The molecule has 0 unspecified atom stereocenters. The highest BCUT2D eigenvalue weighted by Gasteiger charge is 2.44. The number of hydrogen-bond donors (Lipinski definition) is 0. The van der Waals surface area contributed by atoms with Gasteiger partial charge >= 0.3 is 0 Å². The van der Waals surface area contributed by atoms with Crippen LogP contribution in [0.3, 0.4) is 0 Å². The van der Waals surface area contributed by atoms with Crippen molar-refractivity contribution in [3.63, 3.8) is 0 Å². The summed E-state index contributed by atoms with van der Waals surface area (Å²) in [6, 6.07) is 8.62. The predicted molar refractivity (Wildman–Crippen MR) is 46.8 cm³/mol. The van der Waals surface area contributed by atoms with E-state index in [1.165, 1.54) is 30.4 Å². The quantitative estimate of drug-likeness (QED) is 0.566. The lowest BCUT2D eigenvalue weighted by atomic mass is 9.75. The third-order valence-corrected chi connectivity index (χ3v) is 3.17. The zero-order chi connectivity index (χ0) is 8.02. The largest absolute Gasteiger partial charge is 0.366 e. The first-order valence-electron chi connectivity index (χ1n) is 4.63. The Hall–Kier alpha value is -0.820. The molecule has 1 heteroatoms. The average molecular weight is 160 g/mol. The van der Waals surface area contributed by atoms with Gasteiger partial charge in [0.1, 0.15) is 0 Å². The standard InChI is InChI=1S/C11H12O/c1-2-5-10-9(4-1)8-12-11(10)6-3-7-11/h1-2,4-5H,3,6-8H2. The van der Waals surface area contributed by atoms with Crippen molar-refractivity contribution in [2.45, 2.75) is 31.5 Å². The molecule has 12 heavy (non-hydrogen) atoms. The maximum absolute atomic E-state index is 5.85. The third kappa shape index (κ3) is 0.674. The molecule has 62 valence electrons. The molecule has 0 atom stereocenters. The molecular formula is C11H12O. The molecule has 1 heterocycles. The van der Waals surface area contributed by atoms with Crippen molar-refractivity contribution >= 4 is 0 Å². The molecule has 1 fully saturated rings. The average Bonchev–Trinajstić information content (AvgIpc) is 2.42. The van der Waals surface area contributed by atoms with Crippen molar-refractivity contribution in [1.29, 1.82) is 0 Å². The van der Waals surface area contributed by atoms with E-state index in [1.54, 1.807) is 0 Å². The molecule has 1 aliphatic heterocycles. The predicted octanol–water partition coefficient (Wildman–Crippen LogP) is 2.60. The molecule has 3 rings (SSSR count). The Labute approximate surface area is 72.4 Å². The van der Waals surface area contributed by atoms with Gasteiger partial charge < -0.3 is 4.74 Å². The lowest BCUT2D eigenvalue weighted by Gasteiger charge is -2.38. The van der Waals surface area contributed by atoms with Crippen molar-refractivity contribution in [2.24, 2.45) is 0 Å². The Kier molecular flexibility index (Phi) is 1.17. The Morgan fingerprint density at radius 1 is 1.17 bits per heavy atom. The smallest absolute Gasteiger partial charge is 0.0939 e. The van der Waals surface area contributed by atoms with Crippen molar-refractivity contribution < 1.29 is 4.74 Å². The Balaban J connectivity index is 2.13. The van der Waals surface area contributed by atoms with Crippen molar-refractivity contribution in [1.82, 2.24) is 0 Å². The van der Waals surface area contributed by atoms with Crippen LogP contribution in [0.1, 0.15) is 30.4 Å². The van der Waals surface area contributed by atoms with E-state index < -0.39 is 0 Å². The van der Waals surface area contributed by atoms with Crippen LogP contribution < -0.4 is 0 Å². The van der Waals surface area contributed by atoms with Crippen LogP contribution >= 0.6 is 0 Å². The summed E-state index contributed by atoms with van der Waals surface area (Å²) in [5, 5.41) is 0. The Morgan fingerprint density at radius 2 is 2.00 bits per heavy atom. The molecule has 0 radical (unpaired) electrons. The van der Waals surface area contributed by atoms with Gasteiger partial charge in [0.25, 0.3) is 0 Å². The molecule has 1 aromatic carbocycles. The van der Waals surface area contributed by atoms with E-state index in [4.69, 9.17) is 4.74 Å². The van der Waals surface area contributed by atoms with Gasteiger partial charge in [-0.1, -0.05) is 24.3 Å². The van der Waals surface area contributed by atoms with E-state index in [-0.39, 0.29) is 5.60 Å². The highest BCUT2D eigenvalue weighted by Crippen LogP contribution is 2.50. The van der Waals surface area contributed by atoms with Gasteiger partial charge in [0.2, 0.25) is 0 Å². The van der Waals surface area contributed by atoms with Crippen LogP contribution in [0.5, 0.6) is 0 Å². The molecule has 0 saturated heterocycles.